The zero-order chi connectivity index (χ0) is 30.7. The largest absolute Gasteiger partial charge is 0.491 e. The number of hydrogen-bond donors (Lipinski definition) is 0. The third-order valence-corrected chi connectivity index (χ3v) is 6.25. The molecule has 0 heterocycles. The molecule has 1 aromatic carbocycles. The second kappa shape index (κ2) is 25.6. The number of carbonyl (C=O) groups is 1. The fraction of sp³-hybridized carbons (Fsp3) is 0.788. The first kappa shape index (κ1) is 38.1. The number of hydrogen-bond acceptors (Lipinski definition) is 8. The Bertz CT molecular complexity index is 753. The predicted molar refractivity (Wildman–Crippen MR) is 167 cm³/mol. The van der Waals surface area contributed by atoms with E-state index in [1.54, 1.807) is 7.05 Å². The van der Waals surface area contributed by atoms with Crippen LogP contribution in [0.15, 0.2) is 24.3 Å². The van der Waals surface area contributed by atoms with Crippen molar-refractivity contribution in [1.29, 1.82) is 0 Å². The van der Waals surface area contributed by atoms with Gasteiger partial charge in [-0.25, -0.2) is 4.79 Å². The minimum absolute atomic E-state index is 0.355. The number of benzene rings is 1. The van der Waals surface area contributed by atoms with Crippen LogP contribution in [-0.4, -0.2) is 103 Å². The highest BCUT2D eigenvalue weighted by atomic mass is 16.6. The zero-order valence-electron chi connectivity index (χ0n) is 27.2. The third kappa shape index (κ3) is 23.6. The molecule has 0 unspecified atom stereocenters. The molecule has 0 aliphatic carbocycles. The molecular formula is C33H59NO8. The molecule has 0 radical (unpaired) electrons. The van der Waals surface area contributed by atoms with Crippen molar-refractivity contribution < 1.29 is 38.0 Å². The molecule has 9 nitrogen and oxygen atoms in total. The predicted octanol–water partition coefficient (Wildman–Crippen LogP) is 6.31. The molecule has 9 heteroatoms. The van der Waals surface area contributed by atoms with Gasteiger partial charge in [-0.3, -0.25) is 0 Å². The average molecular weight is 598 g/mol. The van der Waals surface area contributed by atoms with E-state index in [4.69, 9.17) is 33.2 Å². The SMILES string of the molecule is CCCCCCCCCc1ccc(OCCOCCOCCOCCOCCOCCN(C)C(=O)OC(C)(C)C)cc1. The molecule has 0 N–H and O–H groups in total. The molecule has 0 saturated heterocycles. The number of aryl methyl sites for hydroxylation is 1. The van der Waals surface area contributed by atoms with Gasteiger partial charge in [0.2, 0.25) is 0 Å². The van der Waals surface area contributed by atoms with Gasteiger partial charge >= 0.3 is 6.09 Å². The first-order valence-corrected chi connectivity index (χ1v) is 15.9. The minimum Gasteiger partial charge on any atom is -0.491 e. The summed E-state index contributed by atoms with van der Waals surface area (Å²) < 4.78 is 38.6. The maximum Gasteiger partial charge on any atom is 0.410 e. The number of nitrogens with zero attached hydrogens (tertiary/aromatic N) is 1. The molecule has 0 fully saturated rings. The average Bonchev–Trinajstić information content (AvgIpc) is 2.95. The lowest BCUT2D eigenvalue weighted by Crippen LogP contribution is -2.36. The van der Waals surface area contributed by atoms with Crippen molar-refractivity contribution in [2.24, 2.45) is 0 Å². The molecule has 1 aromatic rings. The van der Waals surface area contributed by atoms with Gasteiger partial charge < -0.3 is 38.1 Å². The molecule has 1 amide bonds. The normalized spacial score (nSPS) is 11.5. The molecule has 0 aliphatic heterocycles. The monoisotopic (exact) mass is 597 g/mol. The van der Waals surface area contributed by atoms with Gasteiger partial charge in [0.1, 0.15) is 18.0 Å². The van der Waals surface area contributed by atoms with E-state index in [-0.39, 0.29) is 6.09 Å². The number of ether oxygens (including phenoxy) is 7. The van der Waals surface area contributed by atoms with Crippen LogP contribution >= 0.6 is 0 Å². The first-order chi connectivity index (χ1) is 20.3. The molecular weight excluding hydrogens is 538 g/mol. The highest BCUT2D eigenvalue weighted by molar-refractivity contribution is 5.67. The van der Waals surface area contributed by atoms with Crippen molar-refractivity contribution in [3.63, 3.8) is 0 Å². The lowest BCUT2D eigenvalue weighted by molar-refractivity contribution is -0.0144. The van der Waals surface area contributed by atoms with Crippen molar-refractivity contribution >= 4 is 6.09 Å². The molecule has 0 atom stereocenters. The van der Waals surface area contributed by atoms with E-state index in [9.17, 15) is 4.79 Å². The second-order valence-corrected chi connectivity index (χ2v) is 11.3. The van der Waals surface area contributed by atoms with E-state index in [1.807, 2.05) is 20.8 Å². The lowest BCUT2D eigenvalue weighted by Gasteiger charge is -2.24. The first-order valence-electron chi connectivity index (χ1n) is 15.9. The fourth-order valence-corrected chi connectivity index (χ4v) is 3.87. The smallest absolute Gasteiger partial charge is 0.410 e. The van der Waals surface area contributed by atoms with Gasteiger partial charge in [-0.05, 0) is 51.3 Å². The summed E-state index contributed by atoms with van der Waals surface area (Å²) in [7, 11) is 1.69. The molecule has 1 rings (SSSR count). The second-order valence-electron chi connectivity index (χ2n) is 11.3. The quantitative estimate of drug-likeness (QED) is 0.109. The summed E-state index contributed by atoms with van der Waals surface area (Å²) in [4.78, 5) is 13.4. The van der Waals surface area contributed by atoms with Crippen molar-refractivity contribution in [3.8, 4) is 5.75 Å². The minimum atomic E-state index is -0.501. The lowest BCUT2D eigenvalue weighted by atomic mass is 10.0. The number of carbonyl (C=O) groups excluding carboxylic acids is 1. The summed E-state index contributed by atoms with van der Waals surface area (Å²) in [5.41, 5.74) is 0.878. The zero-order valence-corrected chi connectivity index (χ0v) is 27.2. The number of amides is 1. The summed E-state index contributed by atoms with van der Waals surface area (Å²) in [6, 6.07) is 8.44. The van der Waals surface area contributed by atoms with E-state index in [1.165, 1.54) is 55.4 Å². The Kier molecular flexibility index (Phi) is 23.2. The van der Waals surface area contributed by atoms with Gasteiger partial charge in [-0.2, -0.15) is 0 Å². The summed E-state index contributed by atoms with van der Waals surface area (Å²) >= 11 is 0. The van der Waals surface area contributed by atoms with Crippen LogP contribution in [0.1, 0.15) is 78.2 Å². The van der Waals surface area contributed by atoms with Gasteiger partial charge in [0, 0.05) is 13.6 Å². The highest BCUT2D eigenvalue weighted by Gasteiger charge is 2.19. The molecule has 0 aromatic heterocycles. The van der Waals surface area contributed by atoms with E-state index < -0.39 is 5.60 Å². The highest BCUT2D eigenvalue weighted by Crippen LogP contribution is 2.15. The van der Waals surface area contributed by atoms with Crippen LogP contribution < -0.4 is 4.74 Å². The summed E-state index contributed by atoms with van der Waals surface area (Å²) in [5.74, 6) is 0.884. The van der Waals surface area contributed by atoms with Gasteiger partial charge in [0.15, 0.2) is 0 Å². The van der Waals surface area contributed by atoms with Crippen LogP contribution in [0.5, 0.6) is 5.75 Å². The van der Waals surface area contributed by atoms with Crippen LogP contribution in [0.2, 0.25) is 0 Å². The van der Waals surface area contributed by atoms with Gasteiger partial charge in [0.25, 0.3) is 0 Å². The molecule has 244 valence electrons. The Morgan fingerprint density at radius 1 is 0.643 bits per heavy atom. The Balaban J connectivity index is 1.82. The third-order valence-electron chi connectivity index (χ3n) is 6.25. The summed E-state index contributed by atoms with van der Waals surface area (Å²) in [5, 5.41) is 0. The Morgan fingerprint density at radius 2 is 1.10 bits per heavy atom. The maximum atomic E-state index is 11.9. The van der Waals surface area contributed by atoms with Crippen LogP contribution in [0.25, 0.3) is 0 Å². The van der Waals surface area contributed by atoms with Crippen molar-refractivity contribution in [1.82, 2.24) is 4.90 Å². The fourth-order valence-electron chi connectivity index (χ4n) is 3.87. The van der Waals surface area contributed by atoms with E-state index in [2.05, 4.69) is 31.2 Å². The number of unbranched alkanes of at least 4 members (excludes halogenated alkanes) is 6. The van der Waals surface area contributed by atoms with E-state index >= 15 is 0 Å². The topological polar surface area (TPSA) is 84.9 Å². The molecule has 0 bridgehead atoms. The van der Waals surface area contributed by atoms with E-state index in [0.717, 1.165) is 12.2 Å². The molecule has 42 heavy (non-hydrogen) atoms. The summed E-state index contributed by atoms with van der Waals surface area (Å²) in [6.07, 6.45) is 10.2. The van der Waals surface area contributed by atoms with E-state index in [0.29, 0.717) is 79.2 Å². The molecule has 0 spiro atoms. The number of rotatable bonds is 27. The van der Waals surface area contributed by atoms with Crippen LogP contribution in [0.3, 0.4) is 0 Å². The van der Waals surface area contributed by atoms with Gasteiger partial charge in [-0.1, -0.05) is 57.6 Å². The van der Waals surface area contributed by atoms with Crippen molar-refractivity contribution in [3.05, 3.63) is 29.8 Å². The molecule has 0 saturated carbocycles. The Hall–Kier alpha value is -1.91. The number of likely N-dealkylation sites (N-methyl/N-ethyl adjacent to an activating group) is 1. The van der Waals surface area contributed by atoms with Gasteiger partial charge in [-0.15, -0.1) is 0 Å². The summed E-state index contributed by atoms with van der Waals surface area (Å²) in [6.45, 7) is 13.7. The van der Waals surface area contributed by atoms with Crippen LogP contribution in [-0.2, 0) is 34.8 Å². The molecule has 0 aliphatic rings. The van der Waals surface area contributed by atoms with Crippen LogP contribution in [0.4, 0.5) is 4.79 Å². The maximum absolute atomic E-state index is 11.9. The Morgan fingerprint density at radius 3 is 1.60 bits per heavy atom. The van der Waals surface area contributed by atoms with Crippen LogP contribution in [0, 0.1) is 0 Å². The van der Waals surface area contributed by atoms with Crippen molar-refractivity contribution in [2.45, 2.75) is 84.7 Å². The van der Waals surface area contributed by atoms with Crippen molar-refractivity contribution in [2.75, 3.05) is 86.3 Å². The van der Waals surface area contributed by atoms with Gasteiger partial charge in [0.05, 0.1) is 66.1 Å². The standard InChI is InChI=1S/C33H59NO8/c1-6-7-8-9-10-11-12-13-30-14-16-31(17-15-30)41-29-28-40-27-26-39-25-24-38-23-22-37-21-20-36-19-18-34(5)32(35)42-33(2,3)4/h14-17H,6-13,18-29H2,1-5H3. The Labute approximate surface area is 255 Å².